The Balaban J connectivity index is 0.000000241. The van der Waals surface area contributed by atoms with Gasteiger partial charge in [0.25, 0.3) is 0 Å². The lowest BCUT2D eigenvalue weighted by Crippen LogP contribution is -2.25. The fourth-order valence-electron chi connectivity index (χ4n) is 6.93. The first-order chi connectivity index (χ1) is 30.9. The topological polar surface area (TPSA) is 176 Å². The van der Waals surface area contributed by atoms with Crippen molar-refractivity contribution in [3.05, 3.63) is 191 Å². The molecule has 64 heavy (non-hydrogen) atoms. The molecule has 0 heterocycles. The summed E-state index contributed by atoms with van der Waals surface area (Å²) >= 11 is 0. The van der Waals surface area contributed by atoms with Crippen molar-refractivity contribution in [1.29, 1.82) is 0 Å². The van der Waals surface area contributed by atoms with Crippen LogP contribution in [0.25, 0.3) is 0 Å². The van der Waals surface area contributed by atoms with Crippen LogP contribution in [0.15, 0.2) is 158 Å². The lowest BCUT2D eigenvalue weighted by molar-refractivity contribution is -0.143. The molecule has 0 saturated carbocycles. The first-order valence-electron chi connectivity index (χ1n) is 20.6. The molecule has 0 aromatic heterocycles. The van der Waals surface area contributed by atoms with Crippen LogP contribution in [0.1, 0.15) is 47.2 Å². The molecule has 0 aliphatic heterocycles. The SMILES string of the molecule is CC(c1ccccc1)(c1ccc(OCC(=O)CN)cc1)c1ccc(OCC(=O)CN)cc1.COC(=O)COc1ccc(C(C)(c2ccccc2)c2ccc(OCC(=O)OC)cc2)cc1. The average Bonchev–Trinajstić information content (AvgIpc) is 3.36. The van der Waals surface area contributed by atoms with Crippen LogP contribution in [-0.2, 0) is 39.5 Å². The van der Waals surface area contributed by atoms with Crippen LogP contribution in [-0.4, -0.2) is 77.2 Å². The van der Waals surface area contributed by atoms with Gasteiger partial charge in [-0.3, -0.25) is 9.59 Å². The van der Waals surface area contributed by atoms with E-state index >= 15 is 0 Å². The Morgan fingerprint density at radius 2 is 0.609 bits per heavy atom. The Labute approximate surface area is 374 Å². The van der Waals surface area contributed by atoms with Gasteiger partial charge in [0.15, 0.2) is 24.8 Å². The summed E-state index contributed by atoms with van der Waals surface area (Å²) in [4.78, 5) is 45.5. The zero-order valence-corrected chi connectivity index (χ0v) is 36.5. The van der Waals surface area contributed by atoms with E-state index in [-0.39, 0.29) is 51.1 Å². The predicted molar refractivity (Wildman–Crippen MR) is 244 cm³/mol. The van der Waals surface area contributed by atoms with Crippen LogP contribution in [0, 0.1) is 0 Å². The highest BCUT2D eigenvalue weighted by Gasteiger charge is 2.32. The maximum absolute atomic E-state index is 11.4. The molecular formula is C52H54N2O10. The molecule has 6 rings (SSSR count). The third-order valence-corrected chi connectivity index (χ3v) is 10.9. The molecule has 332 valence electrons. The maximum Gasteiger partial charge on any atom is 0.343 e. The molecule has 6 aromatic rings. The van der Waals surface area contributed by atoms with Gasteiger partial charge in [0.05, 0.1) is 27.3 Å². The summed E-state index contributed by atoms with van der Waals surface area (Å²) in [5.41, 5.74) is 16.2. The molecule has 0 unspecified atom stereocenters. The zero-order chi connectivity index (χ0) is 46.0. The Hall–Kier alpha value is -7.28. The van der Waals surface area contributed by atoms with E-state index in [0.29, 0.717) is 23.0 Å². The minimum absolute atomic E-state index is 0.0374. The molecule has 12 nitrogen and oxygen atoms in total. The first kappa shape index (κ1) is 47.8. The van der Waals surface area contributed by atoms with Gasteiger partial charge in [-0.1, -0.05) is 109 Å². The highest BCUT2D eigenvalue weighted by molar-refractivity contribution is 5.82. The number of rotatable bonds is 20. The standard InChI is InChI=1S/C26H28N2O4.C26H26O6/c1-26(19-5-3-2-4-6-19,20-7-11-24(12-8-20)31-17-22(29)15-27)21-9-13-25(14-10-21)32-18-23(30)16-28;1-26(19-7-5-4-6-8-19,20-9-13-22(14-10-20)31-17-24(27)29-2)21-11-15-23(16-12-21)32-18-25(28)30-3/h2-14H,15-18,27-28H2,1H3;4-16H,17-18H2,1-3H3. The predicted octanol–water partition coefficient (Wildman–Crippen LogP) is 7.00. The Bertz CT molecular complexity index is 2110. The summed E-state index contributed by atoms with van der Waals surface area (Å²) in [6.45, 7) is 3.87. The molecule has 0 fully saturated rings. The zero-order valence-electron chi connectivity index (χ0n) is 36.5. The van der Waals surface area contributed by atoms with Crippen LogP contribution in [0.5, 0.6) is 23.0 Å². The number of ketones is 2. The Morgan fingerprint density at radius 1 is 0.375 bits per heavy atom. The number of nitrogens with two attached hydrogens (primary N) is 2. The summed E-state index contributed by atoms with van der Waals surface area (Å²) < 4.78 is 31.2. The quantitative estimate of drug-likeness (QED) is 0.0595. The molecule has 0 aliphatic rings. The summed E-state index contributed by atoms with van der Waals surface area (Å²) in [6, 6.07) is 51.1. The minimum Gasteiger partial charge on any atom is -0.486 e. The molecule has 0 spiro atoms. The lowest BCUT2D eigenvalue weighted by Gasteiger charge is -2.32. The summed E-state index contributed by atoms with van der Waals surface area (Å²) in [7, 11) is 2.65. The second-order valence-electron chi connectivity index (χ2n) is 14.9. The number of benzene rings is 6. The van der Waals surface area contributed by atoms with Crippen molar-refractivity contribution in [1.82, 2.24) is 0 Å². The summed E-state index contributed by atoms with van der Waals surface area (Å²) in [5, 5.41) is 0. The molecule has 0 aliphatic carbocycles. The van der Waals surface area contributed by atoms with Crippen molar-refractivity contribution < 1.29 is 47.6 Å². The van der Waals surface area contributed by atoms with E-state index in [1.165, 1.54) is 14.2 Å². The second kappa shape index (κ2) is 23.2. The van der Waals surface area contributed by atoms with Crippen molar-refractivity contribution in [2.24, 2.45) is 11.5 Å². The minimum atomic E-state index is -0.455. The molecule has 0 atom stereocenters. The first-order valence-corrected chi connectivity index (χ1v) is 20.6. The van der Waals surface area contributed by atoms with Crippen LogP contribution in [0.2, 0.25) is 0 Å². The van der Waals surface area contributed by atoms with Crippen molar-refractivity contribution in [2.45, 2.75) is 24.7 Å². The Kier molecular flexibility index (Phi) is 17.3. The number of ether oxygens (including phenoxy) is 6. The van der Waals surface area contributed by atoms with Crippen LogP contribution in [0.4, 0.5) is 0 Å². The van der Waals surface area contributed by atoms with Gasteiger partial charge in [0.1, 0.15) is 36.2 Å². The molecule has 6 aromatic carbocycles. The van der Waals surface area contributed by atoms with Crippen molar-refractivity contribution in [2.75, 3.05) is 53.7 Å². The number of carbonyl (C=O) groups is 4. The normalized spacial score (nSPS) is 11.0. The maximum atomic E-state index is 11.4. The average molecular weight is 867 g/mol. The summed E-state index contributed by atoms with van der Waals surface area (Å²) in [5.74, 6) is 1.22. The van der Waals surface area contributed by atoms with Crippen molar-refractivity contribution in [3.63, 3.8) is 0 Å². The fraction of sp³-hybridized carbons (Fsp3) is 0.231. The van der Waals surface area contributed by atoms with Crippen LogP contribution >= 0.6 is 0 Å². The molecule has 0 amide bonds. The number of Topliss-reactive ketones (excluding diaryl/α,β-unsaturated/α-hetero) is 2. The number of hydrogen-bond acceptors (Lipinski definition) is 12. The Morgan fingerprint density at radius 3 is 0.844 bits per heavy atom. The number of carbonyl (C=O) groups excluding carboxylic acids is 4. The molecule has 0 radical (unpaired) electrons. The van der Waals surface area contributed by atoms with Gasteiger partial charge >= 0.3 is 11.9 Å². The van der Waals surface area contributed by atoms with Gasteiger partial charge in [-0.15, -0.1) is 0 Å². The van der Waals surface area contributed by atoms with Gasteiger partial charge in [0, 0.05) is 10.8 Å². The molecule has 0 saturated heterocycles. The van der Waals surface area contributed by atoms with E-state index < -0.39 is 22.8 Å². The largest absolute Gasteiger partial charge is 0.486 e. The highest BCUT2D eigenvalue weighted by Crippen LogP contribution is 2.41. The molecule has 12 heteroatoms. The fourth-order valence-corrected chi connectivity index (χ4v) is 6.93. The summed E-state index contributed by atoms with van der Waals surface area (Å²) in [6.07, 6.45) is 0. The van der Waals surface area contributed by atoms with Crippen molar-refractivity contribution >= 4 is 23.5 Å². The van der Waals surface area contributed by atoms with Crippen molar-refractivity contribution in [3.8, 4) is 23.0 Å². The van der Waals surface area contributed by atoms with E-state index in [9.17, 15) is 19.2 Å². The van der Waals surface area contributed by atoms with Gasteiger partial charge in [-0.2, -0.15) is 0 Å². The molecular weight excluding hydrogens is 813 g/mol. The number of esters is 2. The molecule has 4 N–H and O–H groups in total. The third kappa shape index (κ3) is 12.4. The van der Waals surface area contributed by atoms with E-state index in [4.69, 9.17) is 30.4 Å². The van der Waals surface area contributed by atoms with Crippen LogP contribution in [0.3, 0.4) is 0 Å². The monoisotopic (exact) mass is 866 g/mol. The van der Waals surface area contributed by atoms with E-state index in [0.717, 1.165) is 33.4 Å². The number of hydrogen-bond donors (Lipinski definition) is 2. The van der Waals surface area contributed by atoms with Crippen LogP contribution < -0.4 is 30.4 Å². The second-order valence-corrected chi connectivity index (χ2v) is 14.9. The van der Waals surface area contributed by atoms with Gasteiger partial charge in [0.2, 0.25) is 0 Å². The van der Waals surface area contributed by atoms with Gasteiger partial charge in [-0.25, -0.2) is 9.59 Å². The molecule has 0 bridgehead atoms. The van der Waals surface area contributed by atoms with E-state index in [2.05, 4.69) is 47.6 Å². The lowest BCUT2D eigenvalue weighted by atomic mass is 9.71. The van der Waals surface area contributed by atoms with E-state index in [1.807, 2.05) is 133 Å². The third-order valence-electron chi connectivity index (χ3n) is 10.9. The van der Waals surface area contributed by atoms with Gasteiger partial charge in [-0.05, 0) is 95.8 Å². The smallest absolute Gasteiger partial charge is 0.343 e. The van der Waals surface area contributed by atoms with E-state index in [1.54, 1.807) is 0 Å². The number of methoxy groups -OCH3 is 2. The van der Waals surface area contributed by atoms with Gasteiger partial charge < -0.3 is 39.9 Å². The highest BCUT2D eigenvalue weighted by atomic mass is 16.6.